The number of hydrogen-bond acceptors (Lipinski definition) is 3. The number of rotatable bonds is 1. The van der Waals surface area contributed by atoms with Crippen molar-refractivity contribution in [1.29, 1.82) is 0 Å². The van der Waals surface area contributed by atoms with Crippen LogP contribution in [-0.2, 0) is 9.53 Å². The molecule has 3 rings (SSSR count). The molecule has 1 aliphatic carbocycles. The molecule has 3 heteroatoms. The molecule has 66 valence electrons. The molecule has 1 N–H and O–H groups in total. The van der Waals surface area contributed by atoms with Crippen LogP contribution in [-0.4, -0.2) is 25.2 Å². The monoisotopic (exact) mass is 167 g/mol. The van der Waals surface area contributed by atoms with Gasteiger partial charge in [0, 0.05) is 12.0 Å². The number of carbonyl (C=O) groups is 1. The molecule has 0 aromatic carbocycles. The van der Waals surface area contributed by atoms with Crippen molar-refractivity contribution in [3.05, 3.63) is 12.2 Å². The van der Waals surface area contributed by atoms with E-state index in [2.05, 4.69) is 17.5 Å². The lowest BCUT2D eigenvalue weighted by molar-refractivity contribution is -0.145. The van der Waals surface area contributed by atoms with Gasteiger partial charge in [-0.3, -0.25) is 10.1 Å². The summed E-state index contributed by atoms with van der Waals surface area (Å²) in [7, 11) is 1.44. The van der Waals surface area contributed by atoms with Gasteiger partial charge in [0.05, 0.1) is 7.11 Å². The Kier molecular flexibility index (Phi) is 1.89. The van der Waals surface area contributed by atoms with Crippen molar-refractivity contribution < 1.29 is 9.53 Å². The average molecular weight is 167 g/mol. The average Bonchev–Trinajstić information content (AvgIpc) is 2.18. The highest BCUT2D eigenvalue weighted by Gasteiger charge is 2.36. The molecule has 1 fully saturated rings. The summed E-state index contributed by atoms with van der Waals surface area (Å²) in [4.78, 5) is 11.2. The van der Waals surface area contributed by atoms with Crippen LogP contribution in [0.15, 0.2) is 12.2 Å². The molecule has 3 nitrogen and oxygen atoms in total. The standard InChI is InChI=1S/C9H13NO2/c1-12-9(11)8-6-2-4-7(10-8)5-3-6/h2,4,6-8,10H,3,5H2,1H3. The van der Waals surface area contributed by atoms with Gasteiger partial charge in [-0.05, 0) is 12.8 Å². The zero-order chi connectivity index (χ0) is 8.55. The largest absolute Gasteiger partial charge is 0.468 e. The summed E-state index contributed by atoms with van der Waals surface area (Å²) < 4.78 is 4.71. The number of nitrogens with one attached hydrogen (secondary N) is 1. The minimum Gasteiger partial charge on any atom is -0.468 e. The van der Waals surface area contributed by atoms with E-state index in [4.69, 9.17) is 4.74 Å². The molecule has 12 heavy (non-hydrogen) atoms. The van der Waals surface area contributed by atoms with Gasteiger partial charge in [0.2, 0.25) is 0 Å². The van der Waals surface area contributed by atoms with Gasteiger partial charge >= 0.3 is 5.97 Å². The Labute approximate surface area is 71.8 Å². The van der Waals surface area contributed by atoms with E-state index in [1.165, 1.54) is 7.11 Å². The van der Waals surface area contributed by atoms with Crippen LogP contribution < -0.4 is 5.32 Å². The zero-order valence-corrected chi connectivity index (χ0v) is 7.12. The van der Waals surface area contributed by atoms with Gasteiger partial charge in [-0.15, -0.1) is 0 Å². The van der Waals surface area contributed by atoms with E-state index < -0.39 is 0 Å². The van der Waals surface area contributed by atoms with Crippen LogP contribution in [0.3, 0.4) is 0 Å². The Morgan fingerprint density at radius 2 is 2.33 bits per heavy atom. The van der Waals surface area contributed by atoms with Gasteiger partial charge in [-0.2, -0.15) is 0 Å². The second-order valence-electron chi connectivity index (χ2n) is 3.40. The quantitative estimate of drug-likeness (QED) is 0.455. The molecule has 0 amide bonds. The van der Waals surface area contributed by atoms with E-state index in [1.807, 2.05) is 0 Å². The van der Waals surface area contributed by atoms with Crippen LogP contribution in [0.25, 0.3) is 0 Å². The van der Waals surface area contributed by atoms with Gasteiger partial charge in [-0.1, -0.05) is 12.2 Å². The predicted octanol–water partition coefficient (Wildman–Crippen LogP) is 0.466. The Balaban J connectivity index is 2.11. The van der Waals surface area contributed by atoms with Crippen molar-refractivity contribution in [3.8, 4) is 0 Å². The number of carbonyl (C=O) groups excluding carboxylic acids is 1. The number of ether oxygens (including phenoxy) is 1. The fourth-order valence-electron chi connectivity index (χ4n) is 1.98. The first-order chi connectivity index (χ1) is 5.81. The van der Waals surface area contributed by atoms with Crippen LogP contribution >= 0.6 is 0 Å². The van der Waals surface area contributed by atoms with Crippen LogP contribution in [0.1, 0.15) is 12.8 Å². The molecule has 2 aliphatic heterocycles. The Bertz CT molecular complexity index is 225. The summed E-state index contributed by atoms with van der Waals surface area (Å²) in [6.45, 7) is 0. The van der Waals surface area contributed by atoms with Crippen molar-refractivity contribution >= 4 is 5.97 Å². The molecule has 2 bridgehead atoms. The Morgan fingerprint density at radius 1 is 1.50 bits per heavy atom. The maximum Gasteiger partial charge on any atom is 0.323 e. The van der Waals surface area contributed by atoms with Crippen LogP contribution in [0.5, 0.6) is 0 Å². The maximum absolute atomic E-state index is 11.2. The minimum atomic E-state index is -0.131. The Morgan fingerprint density at radius 3 is 2.75 bits per heavy atom. The summed E-state index contributed by atoms with van der Waals surface area (Å²) in [5.74, 6) is 0.219. The lowest BCUT2D eigenvalue weighted by atomic mass is 9.82. The fraction of sp³-hybridized carbons (Fsp3) is 0.667. The maximum atomic E-state index is 11.2. The first-order valence-electron chi connectivity index (χ1n) is 4.33. The van der Waals surface area contributed by atoms with Crippen molar-refractivity contribution in [2.45, 2.75) is 24.9 Å². The number of methoxy groups -OCH3 is 1. The lowest BCUT2D eigenvalue weighted by Crippen LogP contribution is -2.53. The summed E-state index contributed by atoms with van der Waals surface area (Å²) in [5, 5.41) is 3.24. The van der Waals surface area contributed by atoms with Gasteiger partial charge in [0.1, 0.15) is 6.04 Å². The number of esters is 1. The van der Waals surface area contributed by atoms with Gasteiger partial charge in [-0.25, -0.2) is 0 Å². The SMILES string of the molecule is COC(=O)C1NC2C=CC1CC2. The topological polar surface area (TPSA) is 38.3 Å². The van der Waals surface area contributed by atoms with Crippen LogP contribution in [0.4, 0.5) is 0 Å². The summed E-state index contributed by atoms with van der Waals surface area (Å²) in [6, 6.07) is 0.290. The molecular formula is C9H13NO2. The summed E-state index contributed by atoms with van der Waals surface area (Å²) >= 11 is 0. The van der Waals surface area contributed by atoms with Crippen LogP contribution in [0.2, 0.25) is 0 Å². The Hall–Kier alpha value is -0.830. The van der Waals surface area contributed by atoms with Gasteiger partial charge in [0.25, 0.3) is 0 Å². The van der Waals surface area contributed by atoms with Crippen LogP contribution in [0, 0.1) is 5.92 Å². The molecule has 0 aromatic rings. The smallest absolute Gasteiger partial charge is 0.323 e. The third-order valence-corrected chi connectivity index (χ3v) is 2.68. The molecule has 0 saturated carbocycles. The molecule has 3 aliphatic rings. The summed E-state index contributed by atoms with van der Waals surface area (Å²) in [6.07, 6.45) is 6.53. The molecule has 3 unspecified atom stereocenters. The molecule has 1 saturated heterocycles. The third-order valence-electron chi connectivity index (χ3n) is 2.68. The second-order valence-corrected chi connectivity index (χ2v) is 3.40. The molecule has 0 aromatic heterocycles. The van der Waals surface area contributed by atoms with Crippen molar-refractivity contribution in [1.82, 2.24) is 5.32 Å². The van der Waals surface area contributed by atoms with Gasteiger partial charge < -0.3 is 4.74 Å². The third kappa shape index (κ3) is 1.14. The number of hydrogen-bond donors (Lipinski definition) is 1. The normalized spacial score (nSPS) is 38.2. The molecule has 3 atom stereocenters. The highest BCUT2D eigenvalue weighted by molar-refractivity contribution is 5.77. The molecule has 2 heterocycles. The lowest BCUT2D eigenvalue weighted by Gasteiger charge is -2.37. The number of piperidine rings is 1. The highest BCUT2D eigenvalue weighted by Crippen LogP contribution is 2.27. The zero-order valence-electron chi connectivity index (χ0n) is 7.12. The van der Waals surface area contributed by atoms with Crippen molar-refractivity contribution in [2.24, 2.45) is 5.92 Å². The van der Waals surface area contributed by atoms with E-state index in [-0.39, 0.29) is 12.0 Å². The minimum absolute atomic E-state index is 0.0984. The van der Waals surface area contributed by atoms with Gasteiger partial charge in [0.15, 0.2) is 0 Å². The van der Waals surface area contributed by atoms with Crippen molar-refractivity contribution in [3.63, 3.8) is 0 Å². The van der Waals surface area contributed by atoms with E-state index in [0.29, 0.717) is 12.0 Å². The highest BCUT2D eigenvalue weighted by atomic mass is 16.5. The fourth-order valence-corrected chi connectivity index (χ4v) is 1.98. The van der Waals surface area contributed by atoms with E-state index in [9.17, 15) is 4.79 Å². The molecule has 0 radical (unpaired) electrons. The first-order valence-corrected chi connectivity index (χ1v) is 4.33. The van der Waals surface area contributed by atoms with Crippen molar-refractivity contribution in [2.75, 3.05) is 7.11 Å². The van der Waals surface area contributed by atoms with E-state index in [1.54, 1.807) is 0 Å². The first kappa shape index (κ1) is 7.80. The molecular weight excluding hydrogens is 154 g/mol. The van der Waals surface area contributed by atoms with E-state index >= 15 is 0 Å². The predicted molar refractivity (Wildman–Crippen MR) is 44.6 cm³/mol. The van der Waals surface area contributed by atoms with E-state index in [0.717, 1.165) is 12.8 Å². The molecule has 0 spiro atoms. The summed E-state index contributed by atoms with van der Waals surface area (Å²) in [5.41, 5.74) is 0. The number of fused-ring (bicyclic) bond motifs is 2. The second kappa shape index (κ2) is 2.90.